The lowest BCUT2D eigenvalue weighted by Gasteiger charge is -2.51. The van der Waals surface area contributed by atoms with Gasteiger partial charge in [-0.15, -0.1) is 0 Å². The molecule has 3 atom stereocenters. The second kappa shape index (κ2) is 7.19. The standard InChI is InChI=1S/C25H33N/c1-18-13-21-14-19(2)16-25(15-18,17-21)26-20(3)22-9-11-24(12-10-22)23-7-5-4-6-8-23/h4-12,18-21,26H,13-17H2,1-3H3. The molecule has 1 nitrogen and oxygen atoms in total. The van der Waals surface area contributed by atoms with E-state index in [1.54, 1.807) is 0 Å². The van der Waals surface area contributed by atoms with Gasteiger partial charge in [0.1, 0.15) is 0 Å². The Labute approximate surface area is 159 Å². The quantitative estimate of drug-likeness (QED) is 0.656. The Morgan fingerprint density at radius 2 is 1.38 bits per heavy atom. The van der Waals surface area contributed by atoms with Crippen molar-refractivity contribution >= 4 is 0 Å². The van der Waals surface area contributed by atoms with Crippen LogP contribution in [-0.2, 0) is 0 Å². The van der Waals surface area contributed by atoms with Crippen LogP contribution in [0.25, 0.3) is 11.1 Å². The molecule has 1 N–H and O–H groups in total. The molecule has 2 fully saturated rings. The van der Waals surface area contributed by atoms with Gasteiger partial charge in [0.25, 0.3) is 0 Å². The van der Waals surface area contributed by atoms with E-state index in [0.717, 1.165) is 17.8 Å². The van der Waals surface area contributed by atoms with Crippen LogP contribution >= 0.6 is 0 Å². The molecule has 2 aliphatic carbocycles. The molecule has 26 heavy (non-hydrogen) atoms. The maximum Gasteiger partial charge on any atom is 0.0296 e. The minimum absolute atomic E-state index is 0.359. The van der Waals surface area contributed by atoms with Crippen LogP contribution in [0.1, 0.15) is 64.5 Å². The van der Waals surface area contributed by atoms with Crippen molar-refractivity contribution < 1.29 is 0 Å². The van der Waals surface area contributed by atoms with Crippen LogP contribution in [0.5, 0.6) is 0 Å². The minimum Gasteiger partial charge on any atom is -0.305 e. The summed E-state index contributed by atoms with van der Waals surface area (Å²) in [7, 11) is 0. The average Bonchev–Trinajstić information content (AvgIpc) is 2.61. The Morgan fingerprint density at radius 3 is 2.00 bits per heavy atom. The predicted octanol–water partition coefficient (Wildman–Crippen LogP) is 6.61. The van der Waals surface area contributed by atoms with Crippen LogP contribution in [0, 0.1) is 17.8 Å². The topological polar surface area (TPSA) is 12.0 Å². The van der Waals surface area contributed by atoms with Crippen molar-refractivity contribution in [3.8, 4) is 11.1 Å². The highest BCUT2D eigenvalue weighted by atomic mass is 15.0. The molecule has 2 bridgehead atoms. The van der Waals surface area contributed by atoms with E-state index >= 15 is 0 Å². The normalized spacial score (nSPS) is 32.2. The van der Waals surface area contributed by atoms with Gasteiger partial charge in [-0.25, -0.2) is 0 Å². The summed E-state index contributed by atoms with van der Waals surface area (Å²) in [5.41, 5.74) is 4.37. The summed E-state index contributed by atoms with van der Waals surface area (Å²) >= 11 is 0. The van der Waals surface area contributed by atoms with Crippen molar-refractivity contribution in [2.24, 2.45) is 17.8 Å². The Morgan fingerprint density at radius 1 is 0.808 bits per heavy atom. The molecule has 138 valence electrons. The van der Waals surface area contributed by atoms with Crippen molar-refractivity contribution in [3.63, 3.8) is 0 Å². The Hall–Kier alpha value is -1.60. The van der Waals surface area contributed by atoms with Crippen molar-refractivity contribution in [3.05, 3.63) is 60.2 Å². The van der Waals surface area contributed by atoms with E-state index in [-0.39, 0.29) is 0 Å². The number of fused-ring (bicyclic) bond motifs is 2. The number of nitrogens with one attached hydrogen (secondary N) is 1. The van der Waals surface area contributed by atoms with Gasteiger partial charge < -0.3 is 5.32 Å². The molecular formula is C25H33N. The monoisotopic (exact) mass is 347 g/mol. The molecule has 2 aromatic carbocycles. The van der Waals surface area contributed by atoms with Crippen LogP contribution in [-0.4, -0.2) is 5.54 Å². The number of rotatable bonds is 4. The fraction of sp³-hybridized carbons (Fsp3) is 0.520. The summed E-state index contributed by atoms with van der Waals surface area (Å²) in [4.78, 5) is 0. The molecule has 0 aromatic heterocycles. The molecule has 0 aliphatic heterocycles. The average molecular weight is 348 g/mol. The Bertz CT molecular complexity index is 698. The second-order valence-corrected chi connectivity index (χ2v) is 9.29. The molecule has 0 amide bonds. The van der Waals surface area contributed by atoms with Crippen LogP contribution in [0.2, 0.25) is 0 Å². The molecule has 2 aromatic rings. The molecule has 4 rings (SSSR count). The first-order chi connectivity index (χ1) is 12.5. The van der Waals surface area contributed by atoms with Crippen LogP contribution < -0.4 is 5.32 Å². The fourth-order valence-corrected chi connectivity index (χ4v) is 6.02. The van der Waals surface area contributed by atoms with E-state index < -0.39 is 0 Å². The van der Waals surface area contributed by atoms with Gasteiger partial charge in [-0.05, 0) is 73.5 Å². The predicted molar refractivity (Wildman–Crippen MR) is 111 cm³/mol. The van der Waals surface area contributed by atoms with Crippen molar-refractivity contribution in [2.75, 3.05) is 0 Å². The van der Waals surface area contributed by atoms with Crippen LogP contribution in [0.15, 0.2) is 54.6 Å². The Balaban J connectivity index is 1.50. The summed E-state index contributed by atoms with van der Waals surface area (Å²) in [6, 6.07) is 20.2. The first kappa shape index (κ1) is 17.8. The first-order valence-corrected chi connectivity index (χ1v) is 10.5. The number of hydrogen-bond donors (Lipinski definition) is 1. The molecular weight excluding hydrogens is 314 g/mol. The smallest absolute Gasteiger partial charge is 0.0296 e. The van der Waals surface area contributed by atoms with Gasteiger partial charge in [-0.1, -0.05) is 68.4 Å². The highest BCUT2D eigenvalue weighted by Crippen LogP contribution is 2.48. The SMILES string of the molecule is CC1CC2CC(C)CC(NC(C)c3ccc(-c4ccccc4)cc3)(C1)C2. The van der Waals surface area contributed by atoms with Gasteiger partial charge in [0.05, 0.1) is 0 Å². The fourth-order valence-electron chi connectivity index (χ4n) is 6.02. The number of hydrogen-bond acceptors (Lipinski definition) is 1. The minimum atomic E-state index is 0.359. The van der Waals surface area contributed by atoms with Crippen LogP contribution in [0.4, 0.5) is 0 Å². The van der Waals surface area contributed by atoms with Gasteiger partial charge >= 0.3 is 0 Å². The summed E-state index contributed by atoms with van der Waals surface area (Å²) < 4.78 is 0. The maximum atomic E-state index is 4.10. The van der Waals surface area contributed by atoms with Gasteiger partial charge in [0, 0.05) is 11.6 Å². The molecule has 0 saturated heterocycles. The molecule has 1 heteroatoms. The van der Waals surface area contributed by atoms with Crippen LogP contribution in [0.3, 0.4) is 0 Å². The maximum absolute atomic E-state index is 4.10. The third-order valence-electron chi connectivity index (χ3n) is 6.67. The molecule has 2 saturated carbocycles. The highest BCUT2D eigenvalue weighted by molar-refractivity contribution is 5.63. The van der Waals surface area contributed by atoms with E-state index in [9.17, 15) is 0 Å². The van der Waals surface area contributed by atoms with Crippen molar-refractivity contribution in [1.29, 1.82) is 0 Å². The van der Waals surface area contributed by atoms with Gasteiger partial charge in [-0.2, -0.15) is 0 Å². The highest BCUT2D eigenvalue weighted by Gasteiger charge is 2.44. The molecule has 3 unspecified atom stereocenters. The molecule has 0 heterocycles. The lowest BCUT2D eigenvalue weighted by Crippen LogP contribution is -2.54. The summed E-state index contributed by atoms with van der Waals surface area (Å²) in [6.45, 7) is 7.26. The molecule has 0 radical (unpaired) electrons. The zero-order chi connectivity index (χ0) is 18.1. The lowest BCUT2D eigenvalue weighted by atomic mass is 9.61. The summed E-state index contributed by atoms with van der Waals surface area (Å²) in [5.74, 6) is 2.66. The van der Waals surface area contributed by atoms with E-state index in [0.29, 0.717) is 11.6 Å². The summed E-state index contributed by atoms with van der Waals surface area (Å²) in [5, 5.41) is 4.10. The van der Waals surface area contributed by atoms with Gasteiger partial charge in [0.2, 0.25) is 0 Å². The zero-order valence-corrected chi connectivity index (χ0v) is 16.5. The zero-order valence-electron chi connectivity index (χ0n) is 16.5. The van der Waals surface area contributed by atoms with E-state index in [1.165, 1.54) is 48.8 Å². The first-order valence-electron chi connectivity index (χ1n) is 10.5. The third-order valence-corrected chi connectivity index (χ3v) is 6.67. The second-order valence-electron chi connectivity index (χ2n) is 9.29. The summed E-state index contributed by atoms with van der Waals surface area (Å²) in [6.07, 6.45) is 6.95. The van der Waals surface area contributed by atoms with Gasteiger partial charge in [0.15, 0.2) is 0 Å². The van der Waals surface area contributed by atoms with E-state index in [2.05, 4.69) is 80.7 Å². The molecule has 0 spiro atoms. The third kappa shape index (κ3) is 3.74. The van der Waals surface area contributed by atoms with E-state index in [4.69, 9.17) is 0 Å². The van der Waals surface area contributed by atoms with Gasteiger partial charge in [-0.3, -0.25) is 0 Å². The molecule has 2 aliphatic rings. The Kier molecular flexibility index (Phi) is 4.92. The van der Waals surface area contributed by atoms with E-state index in [1.807, 2.05) is 0 Å². The lowest BCUT2D eigenvalue weighted by molar-refractivity contribution is 0.0481. The van der Waals surface area contributed by atoms with Crippen molar-refractivity contribution in [1.82, 2.24) is 5.32 Å². The largest absolute Gasteiger partial charge is 0.305 e. The number of benzene rings is 2. The van der Waals surface area contributed by atoms with Crippen molar-refractivity contribution in [2.45, 2.75) is 64.5 Å².